The second-order valence-corrected chi connectivity index (χ2v) is 6.81. The van der Waals surface area contributed by atoms with Gasteiger partial charge in [0.2, 0.25) is 0 Å². The SMILES string of the molecule is CCCc1cc(C(=O)NNC(=O)COc2cccc(C)c2)sc1C. The van der Waals surface area contributed by atoms with Crippen LogP contribution in [0.3, 0.4) is 0 Å². The Morgan fingerprint density at radius 2 is 1.96 bits per heavy atom. The van der Waals surface area contributed by atoms with Crippen molar-refractivity contribution in [1.82, 2.24) is 10.9 Å². The van der Waals surface area contributed by atoms with Crippen LogP contribution in [0, 0.1) is 13.8 Å². The predicted octanol–water partition coefficient (Wildman–Crippen LogP) is 3.16. The van der Waals surface area contributed by atoms with Crippen molar-refractivity contribution in [2.45, 2.75) is 33.6 Å². The molecule has 2 amide bonds. The second-order valence-electron chi connectivity index (χ2n) is 5.55. The predicted molar refractivity (Wildman–Crippen MR) is 95.3 cm³/mol. The fourth-order valence-corrected chi connectivity index (χ4v) is 3.19. The van der Waals surface area contributed by atoms with Gasteiger partial charge in [-0.15, -0.1) is 11.3 Å². The quantitative estimate of drug-likeness (QED) is 0.790. The van der Waals surface area contributed by atoms with Crippen LogP contribution < -0.4 is 15.6 Å². The lowest BCUT2D eigenvalue weighted by atomic mass is 10.1. The summed E-state index contributed by atoms with van der Waals surface area (Å²) in [4.78, 5) is 25.6. The molecule has 5 nitrogen and oxygen atoms in total. The summed E-state index contributed by atoms with van der Waals surface area (Å²) < 4.78 is 5.38. The molecule has 2 rings (SSSR count). The average molecular weight is 346 g/mol. The van der Waals surface area contributed by atoms with Crippen molar-refractivity contribution < 1.29 is 14.3 Å². The molecule has 6 heteroatoms. The molecule has 24 heavy (non-hydrogen) atoms. The molecule has 0 saturated carbocycles. The minimum absolute atomic E-state index is 0.158. The largest absolute Gasteiger partial charge is 0.484 e. The number of amides is 2. The number of hydrogen-bond donors (Lipinski definition) is 2. The third-order valence-corrected chi connectivity index (χ3v) is 4.53. The van der Waals surface area contributed by atoms with Gasteiger partial charge >= 0.3 is 0 Å². The number of ether oxygens (including phenoxy) is 1. The number of hydrazine groups is 1. The Morgan fingerprint density at radius 3 is 2.67 bits per heavy atom. The highest BCUT2D eigenvalue weighted by molar-refractivity contribution is 7.14. The third kappa shape index (κ3) is 5.09. The molecule has 1 aromatic heterocycles. The van der Waals surface area contributed by atoms with E-state index >= 15 is 0 Å². The van der Waals surface area contributed by atoms with E-state index in [0.29, 0.717) is 10.6 Å². The maximum atomic E-state index is 12.1. The number of thiophene rings is 1. The number of carbonyl (C=O) groups excluding carboxylic acids is 2. The Kier molecular flexibility index (Phi) is 6.37. The Balaban J connectivity index is 1.80. The lowest BCUT2D eigenvalue weighted by Crippen LogP contribution is -2.43. The highest BCUT2D eigenvalue weighted by atomic mass is 32.1. The molecule has 0 unspecified atom stereocenters. The number of benzene rings is 1. The van der Waals surface area contributed by atoms with E-state index in [4.69, 9.17) is 4.74 Å². The fraction of sp³-hybridized carbons (Fsp3) is 0.333. The summed E-state index contributed by atoms with van der Waals surface area (Å²) in [5, 5.41) is 0. The fourth-order valence-electron chi connectivity index (χ4n) is 2.23. The molecule has 0 aliphatic heterocycles. The monoisotopic (exact) mass is 346 g/mol. The molecule has 0 atom stereocenters. The number of carbonyl (C=O) groups is 2. The maximum Gasteiger partial charge on any atom is 0.279 e. The van der Waals surface area contributed by atoms with Crippen molar-refractivity contribution >= 4 is 23.2 Å². The lowest BCUT2D eigenvalue weighted by molar-refractivity contribution is -0.123. The van der Waals surface area contributed by atoms with Crippen molar-refractivity contribution in [1.29, 1.82) is 0 Å². The summed E-state index contributed by atoms with van der Waals surface area (Å²) in [7, 11) is 0. The highest BCUT2D eigenvalue weighted by Crippen LogP contribution is 2.22. The van der Waals surface area contributed by atoms with Crippen LogP contribution in [0.25, 0.3) is 0 Å². The molecule has 2 N–H and O–H groups in total. The second kappa shape index (κ2) is 8.49. The van der Waals surface area contributed by atoms with Gasteiger partial charge in [0.15, 0.2) is 6.61 Å². The molecule has 0 bridgehead atoms. The van der Waals surface area contributed by atoms with Crippen LogP contribution in [0.1, 0.15) is 39.0 Å². The van der Waals surface area contributed by atoms with Crippen LogP contribution in [0.15, 0.2) is 30.3 Å². The van der Waals surface area contributed by atoms with E-state index < -0.39 is 5.91 Å². The first-order valence-corrected chi connectivity index (χ1v) is 8.69. The summed E-state index contributed by atoms with van der Waals surface area (Å²) in [5.74, 6) is -0.101. The van der Waals surface area contributed by atoms with Crippen LogP contribution in [0.5, 0.6) is 5.75 Å². The van der Waals surface area contributed by atoms with Gasteiger partial charge in [-0.25, -0.2) is 0 Å². The number of aryl methyl sites for hydroxylation is 3. The molecule has 0 spiro atoms. The number of rotatable bonds is 6. The van der Waals surface area contributed by atoms with E-state index in [2.05, 4.69) is 17.8 Å². The van der Waals surface area contributed by atoms with E-state index in [0.717, 1.165) is 23.3 Å². The van der Waals surface area contributed by atoms with Crippen molar-refractivity contribution in [3.63, 3.8) is 0 Å². The molecular weight excluding hydrogens is 324 g/mol. The zero-order chi connectivity index (χ0) is 17.5. The van der Waals surface area contributed by atoms with Gasteiger partial charge in [0.05, 0.1) is 4.88 Å². The molecular formula is C18H22N2O3S. The Morgan fingerprint density at radius 1 is 1.17 bits per heavy atom. The molecule has 0 saturated heterocycles. The molecule has 128 valence electrons. The van der Waals surface area contributed by atoms with E-state index in [1.165, 1.54) is 16.9 Å². The zero-order valence-corrected chi connectivity index (χ0v) is 15.0. The smallest absolute Gasteiger partial charge is 0.279 e. The van der Waals surface area contributed by atoms with Crippen LogP contribution in [0.2, 0.25) is 0 Å². The van der Waals surface area contributed by atoms with Crippen LogP contribution in [0.4, 0.5) is 0 Å². The summed E-state index contributed by atoms with van der Waals surface area (Å²) in [6, 6.07) is 9.31. The van der Waals surface area contributed by atoms with Gasteiger partial charge < -0.3 is 4.74 Å². The normalized spacial score (nSPS) is 10.3. The molecule has 0 radical (unpaired) electrons. The summed E-state index contributed by atoms with van der Waals surface area (Å²) in [5.41, 5.74) is 7.03. The van der Waals surface area contributed by atoms with Gasteiger partial charge in [0.1, 0.15) is 5.75 Å². The minimum Gasteiger partial charge on any atom is -0.484 e. The number of nitrogens with one attached hydrogen (secondary N) is 2. The summed E-state index contributed by atoms with van der Waals surface area (Å²) in [6.45, 7) is 5.89. The van der Waals surface area contributed by atoms with Crippen molar-refractivity contribution in [3.05, 3.63) is 51.2 Å². The van der Waals surface area contributed by atoms with Crippen LogP contribution in [-0.2, 0) is 11.2 Å². The van der Waals surface area contributed by atoms with Gasteiger partial charge in [-0.3, -0.25) is 20.4 Å². The van der Waals surface area contributed by atoms with Crippen LogP contribution >= 0.6 is 11.3 Å². The molecule has 0 aliphatic rings. The standard InChI is InChI=1S/C18H22N2O3S/c1-4-6-14-10-16(24-13(14)3)18(22)20-19-17(21)11-23-15-8-5-7-12(2)9-15/h5,7-10H,4,6,11H2,1-3H3,(H,19,21)(H,20,22). The Hall–Kier alpha value is -2.34. The molecule has 1 aromatic carbocycles. The summed E-state index contributed by atoms with van der Waals surface area (Å²) >= 11 is 1.43. The maximum absolute atomic E-state index is 12.1. The van der Waals surface area contributed by atoms with Crippen LogP contribution in [-0.4, -0.2) is 18.4 Å². The van der Waals surface area contributed by atoms with Crippen molar-refractivity contribution in [3.8, 4) is 5.75 Å². The van der Waals surface area contributed by atoms with E-state index in [1.807, 2.05) is 38.1 Å². The van der Waals surface area contributed by atoms with Gasteiger partial charge in [-0.05, 0) is 49.6 Å². The van der Waals surface area contributed by atoms with Gasteiger partial charge in [0.25, 0.3) is 11.8 Å². The Labute approximate surface area is 146 Å². The zero-order valence-electron chi connectivity index (χ0n) is 14.1. The minimum atomic E-state index is -0.410. The molecule has 2 aromatic rings. The Bertz CT molecular complexity index is 725. The third-order valence-electron chi connectivity index (χ3n) is 3.44. The van der Waals surface area contributed by atoms with Crippen molar-refractivity contribution in [2.24, 2.45) is 0 Å². The number of hydrogen-bond acceptors (Lipinski definition) is 4. The molecule has 0 aliphatic carbocycles. The molecule has 1 heterocycles. The highest BCUT2D eigenvalue weighted by Gasteiger charge is 2.13. The first-order chi connectivity index (χ1) is 11.5. The van der Waals surface area contributed by atoms with E-state index in [1.54, 1.807) is 6.07 Å². The van der Waals surface area contributed by atoms with Gasteiger partial charge in [-0.1, -0.05) is 25.5 Å². The molecule has 0 fully saturated rings. The lowest BCUT2D eigenvalue weighted by Gasteiger charge is -2.08. The summed E-state index contributed by atoms with van der Waals surface area (Å²) in [6.07, 6.45) is 1.98. The van der Waals surface area contributed by atoms with Crippen molar-refractivity contribution in [2.75, 3.05) is 6.61 Å². The average Bonchev–Trinajstić information content (AvgIpc) is 2.92. The van der Waals surface area contributed by atoms with E-state index in [-0.39, 0.29) is 12.5 Å². The van der Waals surface area contributed by atoms with E-state index in [9.17, 15) is 9.59 Å². The van der Waals surface area contributed by atoms with Gasteiger partial charge in [-0.2, -0.15) is 0 Å². The first kappa shape index (κ1) is 18.0. The first-order valence-electron chi connectivity index (χ1n) is 7.87. The topological polar surface area (TPSA) is 67.4 Å². The van der Waals surface area contributed by atoms with Gasteiger partial charge in [0, 0.05) is 4.88 Å².